The first-order valence-electron chi connectivity index (χ1n) is 7.82. The fraction of sp³-hybridized carbons (Fsp3) is 0.211. The number of imidazole rings is 1. The number of aromatic hydroxyl groups is 2. The van der Waals surface area contributed by atoms with Gasteiger partial charge in [-0.1, -0.05) is 24.3 Å². The standard InChI is InChI=1S/C19H20N2O3/c1-13-12-16(22)10-8-14(13)9-11-17-18(23)21(19(24)20(17)2)15-6-4-3-5-7-15/h3-8,10,12,22-23H,9,11H2,1-2H3. The van der Waals surface area contributed by atoms with Crippen LogP contribution in [0.15, 0.2) is 53.3 Å². The third-order valence-electron chi connectivity index (χ3n) is 4.32. The Morgan fingerprint density at radius 1 is 1.00 bits per heavy atom. The lowest BCUT2D eigenvalue weighted by Gasteiger charge is -2.07. The molecular formula is C19H20N2O3. The molecule has 0 fully saturated rings. The van der Waals surface area contributed by atoms with Gasteiger partial charge in [0.1, 0.15) is 5.75 Å². The minimum Gasteiger partial charge on any atom is -0.508 e. The maximum atomic E-state index is 12.5. The number of hydrogen-bond acceptors (Lipinski definition) is 3. The topological polar surface area (TPSA) is 67.4 Å². The van der Waals surface area contributed by atoms with E-state index in [9.17, 15) is 15.0 Å². The molecule has 0 atom stereocenters. The zero-order chi connectivity index (χ0) is 17.3. The molecule has 24 heavy (non-hydrogen) atoms. The molecule has 1 aromatic heterocycles. The Kier molecular flexibility index (Phi) is 4.16. The third-order valence-corrected chi connectivity index (χ3v) is 4.32. The first kappa shape index (κ1) is 15.9. The van der Waals surface area contributed by atoms with Crippen molar-refractivity contribution < 1.29 is 10.2 Å². The second kappa shape index (κ2) is 6.28. The summed E-state index contributed by atoms with van der Waals surface area (Å²) in [5, 5.41) is 20.0. The van der Waals surface area contributed by atoms with E-state index in [4.69, 9.17) is 0 Å². The summed E-state index contributed by atoms with van der Waals surface area (Å²) in [4.78, 5) is 12.5. The summed E-state index contributed by atoms with van der Waals surface area (Å²) in [6.45, 7) is 1.93. The molecule has 124 valence electrons. The SMILES string of the molecule is Cc1cc(O)ccc1CCc1c(O)n(-c2ccccc2)c(=O)n1C. The average Bonchev–Trinajstić information content (AvgIpc) is 2.78. The van der Waals surface area contributed by atoms with Crippen LogP contribution < -0.4 is 5.69 Å². The van der Waals surface area contributed by atoms with E-state index >= 15 is 0 Å². The van der Waals surface area contributed by atoms with Gasteiger partial charge in [0.25, 0.3) is 0 Å². The van der Waals surface area contributed by atoms with Gasteiger partial charge in [-0.15, -0.1) is 0 Å². The maximum absolute atomic E-state index is 12.5. The zero-order valence-corrected chi connectivity index (χ0v) is 13.7. The number of benzene rings is 2. The van der Waals surface area contributed by atoms with Gasteiger partial charge in [0.2, 0.25) is 5.88 Å². The fourth-order valence-corrected chi connectivity index (χ4v) is 2.94. The first-order chi connectivity index (χ1) is 11.5. The Bertz CT molecular complexity index is 924. The summed E-state index contributed by atoms with van der Waals surface area (Å²) in [6.07, 6.45) is 1.20. The quantitative estimate of drug-likeness (QED) is 0.775. The van der Waals surface area contributed by atoms with Gasteiger partial charge in [-0.05, 0) is 55.2 Å². The van der Waals surface area contributed by atoms with E-state index in [-0.39, 0.29) is 17.3 Å². The monoisotopic (exact) mass is 324 g/mol. The largest absolute Gasteiger partial charge is 0.508 e. The molecule has 2 N–H and O–H groups in total. The predicted octanol–water partition coefficient (Wildman–Crippen LogP) is 2.68. The molecule has 0 aliphatic heterocycles. The second-order valence-electron chi connectivity index (χ2n) is 5.89. The number of rotatable bonds is 4. The Balaban J connectivity index is 1.94. The molecule has 0 spiro atoms. The minimum absolute atomic E-state index is 0.0230. The molecule has 0 aliphatic rings. The van der Waals surface area contributed by atoms with Crippen LogP contribution in [-0.4, -0.2) is 19.3 Å². The van der Waals surface area contributed by atoms with E-state index < -0.39 is 0 Å². The lowest BCUT2D eigenvalue weighted by molar-refractivity contribution is 0.433. The number of phenolic OH excluding ortho intramolecular Hbond substituents is 1. The average molecular weight is 324 g/mol. The second-order valence-corrected chi connectivity index (χ2v) is 5.89. The van der Waals surface area contributed by atoms with E-state index in [2.05, 4.69) is 0 Å². The van der Waals surface area contributed by atoms with Gasteiger partial charge < -0.3 is 10.2 Å². The molecule has 5 nitrogen and oxygen atoms in total. The van der Waals surface area contributed by atoms with Crippen LogP contribution in [0.25, 0.3) is 5.69 Å². The highest BCUT2D eigenvalue weighted by Gasteiger charge is 2.18. The van der Waals surface area contributed by atoms with Crippen molar-refractivity contribution in [3.05, 3.63) is 75.8 Å². The lowest BCUT2D eigenvalue weighted by atomic mass is 10.0. The van der Waals surface area contributed by atoms with E-state index in [0.717, 1.165) is 11.1 Å². The number of phenols is 1. The predicted molar refractivity (Wildman–Crippen MR) is 92.9 cm³/mol. The van der Waals surface area contributed by atoms with E-state index in [1.807, 2.05) is 31.2 Å². The number of para-hydroxylation sites is 1. The van der Waals surface area contributed by atoms with Crippen LogP contribution in [0.3, 0.4) is 0 Å². The molecule has 0 saturated heterocycles. The molecule has 2 aromatic carbocycles. The van der Waals surface area contributed by atoms with Gasteiger partial charge in [0, 0.05) is 7.05 Å². The molecule has 0 saturated carbocycles. The molecule has 0 unspecified atom stereocenters. The molecule has 3 rings (SSSR count). The van der Waals surface area contributed by atoms with Crippen LogP contribution in [0.1, 0.15) is 16.8 Å². The smallest absolute Gasteiger partial charge is 0.335 e. The molecule has 1 heterocycles. The Morgan fingerprint density at radius 3 is 2.38 bits per heavy atom. The minimum atomic E-state index is -0.267. The summed E-state index contributed by atoms with van der Waals surface area (Å²) in [6, 6.07) is 14.3. The van der Waals surface area contributed by atoms with Crippen molar-refractivity contribution in [2.75, 3.05) is 0 Å². The Labute approximate surface area is 140 Å². The summed E-state index contributed by atoms with van der Waals surface area (Å²) < 4.78 is 2.80. The van der Waals surface area contributed by atoms with Gasteiger partial charge in [-0.2, -0.15) is 0 Å². The van der Waals surface area contributed by atoms with Crippen LogP contribution in [0.4, 0.5) is 0 Å². The van der Waals surface area contributed by atoms with Gasteiger partial charge in [-0.25, -0.2) is 9.36 Å². The molecule has 3 aromatic rings. The van der Waals surface area contributed by atoms with Crippen molar-refractivity contribution >= 4 is 0 Å². The van der Waals surface area contributed by atoms with Gasteiger partial charge in [0.15, 0.2) is 0 Å². The van der Waals surface area contributed by atoms with Crippen molar-refractivity contribution in [3.63, 3.8) is 0 Å². The molecule has 0 bridgehead atoms. The van der Waals surface area contributed by atoms with Crippen molar-refractivity contribution in [1.29, 1.82) is 0 Å². The van der Waals surface area contributed by atoms with E-state index in [1.54, 1.807) is 31.3 Å². The van der Waals surface area contributed by atoms with Crippen LogP contribution >= 0.6 is 0 Å². The normalized spacial score (nSPS) is 10.9. The highest BCUT2D eigenvalue weighted by atomic mass is 16.3. The first-order valence-corrected chi connectivity index (χ1v) is 7.82. The molecule has 5 heteroatoms. The fourth-order valence-electron chi connectivity index (χ4n) is 2.94. The number of aryl methyl sites for hydroxylation is 2. The highest BCUT2D eigenvalue weighted by molar-refractivity contribution is 5.39. The summed E-state index contributed by atoms with van der Waals surface area (Å²) in [5.74, 6) is 0.215. The third kappa shape index (κ3) is 2.80. The van der Waals surface area contributed by atoms with Crippen molar-refractivity contribution in [1.82, 2.24) is 9.13 Å². The highest BCUT2D eigenvalue weighted by Crippen LogP contribution is 2.23. The van der Waals surface area contributed by atoms with Crippen LogP contribution in [0.2, 0.25) is 0 Å². The number of aromatic nitrogens is 2. The van der Waals surface area contributed by atoms with Crippen molar-refractivity contribution in [3.8, 4) is 17.3 Å². The number of nitrogens with zero attached hydrogens (tertiary/aromatic N) is 2. The van der Waals surface area contributed by atoms with E-state index in [0.29, 0.717) is 24.2 Å². The maximum Gasteiger partial charge on any atom is 0.335 e. The van der Waals surface area contributed by atoms with Crippen molar-refractivity contribution in [2.45, 2.75) is 19.8 Å². The summed E-state index contributed by atoms with van der Waals surface area (Å²) in [5.41, 5.74) is 3.03. The Hall–Kier alpha value is -2.95. The van der Waals surface area contributed by atoms with Gasteiger partial charge in [0.05, 0.1) is 11.4 Å². The molecular weight excluding hydrogens is 304 g/mol. The van der Waals surface area contributed by atoms with Crippen LogP contribution in [0, 0.1) is 6.92 Å². The summed E-state index contributed by atoms with van der Waals surface area (Å²) >= 11 is 0. The van der Waals surface area contributed by atoms with Crippen LogP contribution in [-0.2, 0) is 19.9 Å². The number of hydrogen-bond donors (Lipinski definition) is 2. The molecule has 0 amide bonds. The van der Waals surface area contributed by atoms with Crippen LogP contribution in [0.5, 0.6) is 11.6 Å². The molecule has 0 aliphatic carbocycles. The Morgan fingerprint density at radius 2 is 1.71 bits per heavy atom. The summed E-state index contributed by atoms with van der Waals surface area (Å²) in [7, 11) is 1.67. The molecule has 0 radical (unpaired) electrons. The van der Waals surface area contributed by atoms with Gasteiger partial charge in [-0.3, -0.25) is 4.57 Å². The van der Waals surface area contributed by atoms with Crippen molar-refractivity contribution in [2.24, 2.45) is 7.05 Å². The van der Waals surface area contributed by atoms with Gasteiger partial charge >= 0.3 is 5.69 Å². The zero-order valence-electron chi connectivity index (χ0n) is 13.7. The van der Waals surface area contributed by atoms with E-state index in [1.165, 1.54) is 9.13 Å². The lowest BCUT2D eigenvalue weighted by Crippen LogP contribution is -2.21.